The Morgan fingerprint density at radius 3 is 2.50 bits per heavy atom. The zero-order chi connectivity index (χ0) is 14.5. The highest BCUT2D eigenvalue weighted by atomic mass is 16.1. The van der Waals surface area contributed by atoms with Crippen molar-refractivity contribution in [3.05, 3.63) is 59.8 Å². The fourth-order valence-corrected chi connectivity index (χ4v) is 1.98. The van der Waals surface area contributed by atoms with Crippen molar-refractivity contribution in [3.63, 3.8) is 0 Å². The molecule has 2 unspecified atom stereocenters. The van der Waals surface area contributed by atoms with Gasteiger partial charge in [0, 0.05) is 11.7 Å². The Labute approximate surface area is 119 Å². The number of rotatable bonds is 4. The van der Waals surface area contributed by atoms with Gasteiger partial charge < -0.3 is 11.1 Å². The number of hydrogen-bond donors (Lipinski definition) is 2. The van der Waals surface area contributed by atoms with E-state index < -0.39 is 0 Å². The summed E-state index contributed by atoms with van der Waals surface area (Å²) in [5.74, 6) is 0.0984. The first kappa shape index (κ1) is 14.2. The van der Waals surface area contributed by atoms with Crippen LogP contribution in [0.2, 0.25) is 0 Å². The molecular weight excluding hydrogens is 250 g/mol. The van der Waals surface area contributed by atoms with E-state index >= 15 is 0 Å². The van der Waals surface area contributed by atoms with Crippen LogP contribution in [-0.2, 0) is 4.79 Å². The molecule has 2 atom stereocenters. The van der Waals surface area contributed by atoms with Crippen molar-refractivity contribution in [3.8, 4) is 0 Å². The Bertz CT molecular complexity index is 583. The molecular formula is C16H19N3O. The number of aromatic nitrogens is 1. The van der Waals surface area contributed by atoms with Crippen LogP contribution in [0.15, 0.2) is 48.5 Å². The third-order valence-electron chi connectivity index (χ3n) is 3.28. The lowest BCUT2D eigenvalue weighted by Gasteiger charge is -2.19. The Morgan fingerprint density at radius 2 is 1.85 bits per heavy atom. The standard InChI is InChI=1S/C16H19N3O/c1-11-7-6-10-14(18-11)19-16(20)12(2)15(17)13-8-4-3-5-9-13/h3-10,12,15H,17H2,1-2H3,(H,18,19,20). The Kier molecular flexibility index (Phi) is 4.48. The largest absolute Gasteiger partial charge is 0.323 e. The summed E-state index contributed by atoms with van der Waals surface area (Å²) in [7, 11) is 0. The van der Waals surface area contributed by atoms with Crippen molar-refractivity contribution in [2.24, 2.45) is 11.7 Å². The van der Waals surface area contributed by atoms with E-state index in [9.17, 15) is 4.79 Å². The molecule has 0 fully saturated rings. The first-order chi connectivity index (χ1) is 9.58. The van der Waals surface area contributed by atoms with Crippen LogP contribution in [0.4, 0.5) is 5.82 Å². The van der Waals surface area contributed by atoms with Crippen LogP contribution >= 0.6 is 0 Å². The van der Waals surface area contributed by atoms with Gasteiger partial charge in [0.25, 0.3) is 0 Å². The molecule has 0 saturated heterocycles. The van der Waals surface area contributed by atoms with Crippen LogP contribution in [0.5, 0.6) is 0 Å². The summed E-state index contributed by atoms with van der Waals surface area (Å²) < 4.78 is 0. The zero-order valence-electron chi connectivity index (χ0n) is 11.7. The maximum absolute atomic E-state index is 12.2. The first-order valence-electron chi connectivity index (χ1n) is 6.63. The van der Waals surface area contributed by atoms with E-state index in [0.29, 0.717) is 5.82 Å². The molecule has 3 N–H and O–H groups in total. The van der Waals surface area contributed by atoms with Crippen LogP contribution in [0.25, 0.3) is 0 Å². The highest BCUT2D eigenvalue weighted by Gasteiger charge is 2.22. The number of benzene rings is 1. The third-order valence-corrected chi connectivity index (χ3v) is 3.28. The summed E-state index contributed by atoms with van der Waals surface area (Å²) in [6.07, 6.45) is 0. The number of aryl methyl sites for hydroxylation is 1. The molecule has 0 saturated carbocycles. The average molecular weight is 269 g/mol. The molecule has 1 aromatic carbocycles. The Morgan fingerprint density at radius 1 is 1.15 bits per heavy atom. The van der Waals surface area contributed by atoms with E-state index in [1.165, 1.54) is 0 Å². The van der Waals surface area contributed by atoms with Gasteiger partial charge in [0.2, 0.25) is 5.91 Å². The fourth-order valence-electron chi connectivity index (χ4n) is 1.98. The van der Waals surface area contributed by atoms with Gasteiger partial charge in [-0.2, -0.15) is 0 Å². The summed E-state index contributed by atoms with van der Waals surface area (Å²) in [5, 5.41) is 2.80. The lowest BCUT2D eigenvalue weighted by molar-refractivity contribution is -0.120. The van der Waals surface area contributed by atoms with Crippen LogP contribution in [-0.4, -0.2) is 10.9 Å². The van der Waals surface area contributed by atoms with E-state index in [1.807, 2.05) is 56.3 Å². The molecule has 2 aromatic rings. The molecule has 4 nitrogen and oxygen atoms in total. The average Bonchev–Trinajstić information content (AvgIpc) is 2.46. The number of carbonyl (C=O) groups excluding carboxylic acids is 1. The molecule has 104 valence electrons. The summed E-state index contributed by atoms with van der Waals surface area (Å²) in [6, 6.07) is 14.8. The van der Waals surface area contributed by atoms with Crippen LogP contribution in [0.1, 0.15) is 24.2 Å². The van der Waals surface area contributed by atoms with Gasteiger partial charge in [-0.15, -0.1) is 0 Å². The molecule has 1 heterocycles. The number of anilines is 1. The lowest BCUT2D eigenvalue weighted by Crippen LogP contribution is -2.30. The third kappa shape index (κ3) is 3.42. The first-order valence-corrected chi connectivity index (χ1v) is 6.63. The second kappa shape index (κ2) is 6.30. The zero-order valence-corrected chi connectivity index (χ0v) is 11.7. The number of carbonyl (C=O) groups is 1. The van der Waals surface area contributed by atoms with Gasteiger partial charge in [0.1, 0.15) is 5.82 Å². The summed E-state index contributed by atoms with van der Waals surface area (Å²) in [6.45, 7) is 3.71. The van der Waals surface area contributed by atoms with Crippen molar-refractivity contribution >= 4 is 11.7 Å². The fraction of sp³-hybridized carbons (Fsp3) is 0.250. The normalized spacial score (nSPS) is 13.6. The highest BCUT2D eigenvalue weighted by Crippen LogP contribution is 2.20. The molecule has 0 aliphatic heterocycles. The summed E-state index contributed by atoms with van der Waals surface area (Å²) >= 11 is 0. The van der Waals surface area contributed by atoms with E-state index in [4.69, 9.17) is 5.73 Å². The van der Waals surface area contributed by atoms with E-state index in [-0.39, 0.29) is 17.9 Å². The van der Waals surface area contributed by atoms with Gasteiger partial charge in [0.15, 0.2) is 0 Å². The molecule has 0 bridgehead atoms. The summed E-state index contributed by atoms with van der Waals surface area (Å²) in [4.78, 5) is 16.5. The molecule has 1 amide bonds. The van der Waals surface area contributed by atoms with E-state index in [1.54, 1.807) is 6.07 Å². The molecule has 4 heteroatoms. The predicted molar refractivity (Wildman–Crippen MR) is 80.1 cm³/mol. The number of nitrogens with one attached hydrogen (secondary N) is 1. The summed E-state index contributed by atoms with van der Waals surface area (Å²) in [5.41, 5.74) is 7.96. The number of hydrogen-bond acceptors (Lipinski definition) is 3. The van der Waals surface area contributed by atoms with Gasteiger partial charge in [-0.1, -0.05) is 43.3 Å². The Hall–Kier alpha value is -2.20. The molecule has 0 radical (unpaired) electrons. The number of nitrogens with zero attached hydrogens (tertiary/aromatic N) is 1. The predicted octanol–water partition coefficient (Wildman–Crippen LogP) is 2.66. The van der Waals surface area contributed by atoms with Gasteiger partial charge >= 0.3 is 0 Å². The quantitative estimate of drug-likeness (QED) is 0.896. The molecule has 0 spiro atoms. The van der Waals surface area contributed by atoms with Crippen LogP contribution in [0.3, 0.4) is 0 Å². The molecule has 2 rings (SSSR count). The van der Waals surface area contributed by atoms with Crippen LogP contribution in [0, 0.1) is 12.8 Å². The smallest absolute Gasteiger partial charge is 0.230 e. The second-order valence-corrected chi connectivity index (χ2v) is 4.88. The molecule has 0 aliphatic carbocycles. The highest BCUT2D eigenvalue weighted by molar-refractivity contribution is 5.92. The topological polar surface area (TPSA) is 68.0 Å². The maximum Gasteiger partial charge on any atom is 0.230 e. The molecule has 20 heavy (non-hydrogen) atoms. The van der Waals surface area contributed by atoms with Crippen molar-refractivity contribution in [2.75, 3.05) is 5.32 Å². The molecule has 1 aromatic heterocycles. The van der Waals surface area contributed by atoms with E-state index in [0.717, 1.165) is 11.3 Å². The van der Waals surface area contributed by atoms with Gasteiger partial charge in [-0.3, -0.25) is 4.79 Å². The minimum Gasteiger partial charge on any atom is -0.323 e. The van der Waals surface area contributed by atoms with Crippen molar-refractivity contribution in [1.82, 2.24) is 4.98 Å². The van der Waals surface area contributed by atoms with Gasteiger partial charge in [-0.25, -0.2) is 4.98 Å². The number of nitrogens with two attached hydrogens (primary N) is 1. The second-order valence-electron chi connectivity index (χ2n) is 4.88. The number of amides is 1. The van der Waals surface area contributed by atoms with Crippen molar-refractivity contribution in [1.29, 1.82) is 0 Å². The number of pyridine rings is 1. The molecule has 0 aliphatic rings. The van der Waals surface area contributed by atoms with Crippen molar-refractivity contribution in [2.45, 2.75) is 19.9 Å². The van der Waals surface area contributed by atoms with Gasteiger partial charge in [0.05, 0.1) is 5.92 Å². The monoisotopic (exact) mass is 269 g/mol. The SMILES string of the molecule is Cc1cccc(NC(=O)C(C)C(N)c2ccccc2)n1. The minimum atomic E-state index is -0.334. The maximum atomic E-state index is 12.2. The van der Waals surface area contributed by atoms with E-state index in [2.05, 4.69) is 10.3 Å². The van der Waals surface area contributed by atoms with Gasteiger partial charge in [-0.05, 0) is 24.6 Å². The minimum absolute atomic E-state index is 0.126. The Balaban J connectivity index is 2.05. The van der Waals surface area contributed by atoms with Crippen LogP contribution < -0.4 is 11.1 Å². The van der Waals surface area contributed by atoms with Crippen molar-refractivity contribution < 1.29 is 4.79 Å². The lowest BCUT2D eigenvalue weighted by atomic mass is 9.95.